The van der Waals surface area contributed by atoms with Crippen molar-refractivity contribution in [3.8, 4) is 0 Å². The molecular weight excluding hydrogens is 458 g/mol. The summed E-state index contributed by atoms with van der Waals surface area (Å²) >= 11 is 6.80. The number of halogens is 1. The smallest absolute Gasteiger partial charge is 0.326 e. The zero-order valence-electron chi connectivity index (χ0n) is 15.6. The highest BCUT2D eigenvalue weighted by Crippen LogP contribution is 2.64. The molecule has 3 aliphatic rings. The molecule has 2 saturated carbocycles. The molecule has 0 N–H and O–H groups in total. The van der Waals surface area contributed by atoms with Crippen LogP contribution in [0.5, 0.6) is 0 Å². The number of nitrogens with zero attached hydrogens (tertiary/aromatic N) is 1. The van der Waals surface area contributed by atoms with Gasteiger partial charge in [-0.25, -0.2) is 0 Å². The summed E-state index contributed by atoms with van der Waals surface area (Å²) < 4.78 is 7.85. The number of ether oxygens (including phenoxy) is 1. The van der Waals surface area contributed by atoms with E-state index in [0.29, 0.717) is 17.8 Å². The van der Waals surface area contributed by atoms with Gasteiger partial charge in [-0.2, -0.15) is 0 Å². The van der Waals surface area contributed by atoms with Gasteiger partial charge in [-0.05, 0) is 61.6 Å². The number of carbonyl (C=O) groups is 1. The Labute approximate surface area is 180 Å². The van der Waals surface area contributed by atoms with Gasteiger partial charge in [0.15, 0.2) is 0 Å². The largest absolute Gasteiger partial charge is 0.465 e. The van der Waals surface area contributed by atoms with E-state index in [2.05, 4.69) is 40.2 Å². The van der Waals surface area contributed by atoms with Crippen LogP contribution in [0.3, 0.4) is 0 Å². The van der Waals surface area contributed by atoms with E-state index < -0.39 is 0 Å². The number of hydrogen-bond donors (Lipinski definition) is 0. The first-order chi connectivity index (χ1) is 13.6. The summed E-state index contributed by atoms with van der Waals surface area (Å²) in [7, 11) is 0. The van der Waals surface area contributed by atoms with Crippen LogP contribution in [-0.4, -0.2) is 22.4 Å². The lowest BCUT2D eigenvalue weighted by atomic mass is 9.75. The topological polar surface area (TPSA) is 48.3 Å². The van der Waals surface area contributed by atoms with Crippen LogP contribution < -0.4 is 4.87 Å². The van der Waals surface area contributed by atoms with Crippen LogP contribution >= 0.6 is 39.0 Å². The second-order valence-corrected chi connectivity index (χ2v) is 11.0. The second kappa shape index (κ2) is 7.33. The number of rotatable bonds is 4. The van der Waals surface area contributed by atoms with Gasteiger partial charge in [0.1, 0.15) is 6.54 Å². The van der Waals surface area contributed by atoms with Crippen LogP contribution in [0.1, 0.15) is 42.5 Å². The number of thioether (sulfide) groups is 1. The highest BCUT2D eigenvalue weighted by Gasteiger charge is 2.55. The summed E-state index contributed by atoms with van der Waals surface area (Å²) in [6, 6.07) is 8.53. The van der Waals surface area contributed by atoms with Gasteiger partial charge >= 0.3 is 10.8 Å². The second-order valence-electron chi connectivity index (χ2n) is 7.95. The molecule has 4 nitrogen and oxygen atoms in total. The summed E-state index contributed by atoms with van der Waals surface area (Å²) in [4.78, 5) is 26.0. The Morgan fingerprint density at radius 1 is 1.32 bits per heavy atom. The Morgan fingerprint density at radius 3 is 2.93 bits per heavy atom. The molecule has 0 radical (unpaired) electrons. The molecule has 7 heteroatoms. The van der Waals surface area contributed by atoms with E-state index >= 15 is 0 Å². The molecule has 5 rings (SSSR count). The molecule has 2 bridgehead atoms. The number of carbonyl (C=O) groups excluding carboxylic acids is 1. The average molecular weight is 480 g/mol. The van der Waals surface area contributed by atoms with Gasteiger partial charge in [0.25, 0.3) is 0 Å². The Bertz CT molecular complexity index is 984. The maximum atomic E-state index is 12.8. The predicted octanol–water partition coefficient (Wildman–Crippen LogP) is 4.89. The number of fused-ring (bicyclic) bond motifs is 6. The van der Waals surface area contributed by atoms with Crippen molar-refractivity contribution in [2.45, 2.75) is 48.9 Å². The maximum absolute atomic E-state index is 12.8. The fraction of sp³-hybridized carbons (Fsp3) is 0.524. The standard InChI is InChI=1S/C21H22BrNO3S2/c1-2-26-15(24)10-23-20-19(28-21(23)25)17(11-4-3-5-14(22)9-11)16-12-6-7-13(8-12)18(16)27-20/h3-5,9,12-13,16-18H,2,6-8,10H2,1H3/t12-,13-,16-,17-,18+/m0/s1. The molecule has 148 valence electrons. The Kier molecular flexibility index (Phi) is 4.96. The molecule has 2 fully saturated rings. The SMILES string of the molecule is CCOC(=O)Cn1c2c(sc1=O)[C@@H](c1cccc(Br)c1)[C@@H]1[C@H]3CC[C@@H](C3)[C@H]1S2. The van der Waals surface area contributed by atoms with Crippen molar-refractivity contribution < 1.29 is 9.53 Å². The molecular formula is C21H22BrNO3S2. The normalized spacial score (nSPS) is 30.1. The number of esters is 1. The van der Waals surface area contributed by atoms with E-state index in [1.54, 1.807) is 11.5 Å². The first-order valence-electron chi connectivity index (χ1n) is 9.88. The fourth-order valence-corrected chi connectivity index (χ4v) is 9.06. The zero-order valence-corrected chi connectivity index (χ0v) is 18.8. The van der Waals surface area contributed by atoms with Gasteiger partial charge < -0.3 is 4.74 Å². The fourth-order valence-electron chi connectivity index (χ4n) is 5.50. The minimum Gasteiger partial charge on any atom is -0.465 e. The zero-order chi connectivity index (χ0) is 19.4. The minimum atomic E-state index is -0.333. The lowest BCUT2D eigenvalue weighted by molar-refractivity contribution is -0.144. The number of benzene rings is 1. The molecule has 1 aromatic heterocycles. The molecule has 1 aliphatic heterocycles. The van der Waals surface area contributed by atoms with Crippen LogP contribution in [0.2, 0.25) is 0 Å². The van der Waals surface area contributed by atoms with Gasteiger partial charge in [0.05, 0.1) is 11.6 Å². The first kappa shape index (κ1) is 18.9. The van der Waals surface area contributed by atoms with Crippen molar-refractivity contribution in [3.05, 3.63) is 48.8 Å². The maximum Gasteiger partial charge on any atom is 0.326 e. The van der Waals surface area contributed by atoms with E-state index in [9.17, 15) is 9.59 Å². The van der Waals surface area contributed by atoms with Crippen molar-refractivity contribution in [1.29, 1.82) is 0 Å². The van der Waals surface area contributed by atoms with Crippen molar-refractivity contribution in [2.24, 2.45) is 17.8 Å². The van der Waals surface area contributed by atoms with Gasteiger partial charge in [-0.15, -0.1) is 11.8 Å². The number of thiazole rings is 1. The van der Waals surface area contributed by atoms with Crippen LogP contribution in [0.15, 0.2) is 38.6 Å². The summed E-state index contributed by atoms with van der Waals surface area (Å²) in [6.45, 7) is 2.14. The van der Waals surface area contributed by atoms with Crippen molar-refractivity contribution in [2.75, 3.05) is 6.61 Å². The van der Waals surface area contributed by atoms with E-state index in [4.69, 9.17) is 4.74 Å². The number of aromatic nitrogens is 1. The third-order valence-corrected chi connectivity index (χ3v) is 9.81. The molecule has 2 heterocycles. The van der Waals surface area contributed by atoms with Crippen LogP contribution in [0.4, 0.5) is 0 Å². The van der Waals surface area contributed by atoms with Crippen molar-refractivity contribution in [3.63, 3.8) is 0 Å². The van der Waals surface area contributed by atoms with Crippen LogP contribution in [0.25, 0.3) is 0 Å². The molecule has 2 aromatic rings. The molecule has 5 atom stereocenters. The summed E-state index contributed by atoms with van der Waals surface area (Å²) in [6.07, 6.45) is 3.92. The molecule has 0 unspecified atom stereocenters. The van der Waals surface area contributed by atoms with Gasteiger partial charge in [-0.3, -0.25) is 14.2 Å². The number of hydrogen-bond acceptors (Lipinski definition) is 5. The Hall–Kier alpha value is -1.05. The molecule has 28 heavy (non-hydrogen) atoms. The van der Waals surface area contributed by atoms with E-state index in [1.807, 2.05) is 11.8 Å². The molecule has 2 aliphatic carbocycles. The highest BCUT2D eigenvalue weighted by molar-refractivity contribution is 9.10. The summed E-state index contributed by atoms with van der Waals surface area (Å²) in [5.41, 5.74) is 1.28. The van der Waals surface area contributed by atoms with Gasteiger partial charge in [0, 0.05) is 20.5 Å². The quantitative estimate of drug-likeness (QED) is 0.585. The first-order valence-corrected chi connectivity index (χ1v) is 12.4. The lowest BCUT2D eigenvalue weighted by Crippen LogP contribution is -2.34. The van der Waals surface area contributed by atoms with Crippen molar-refractivity contribution >= 4 is 45.0 Å². The van der Waals surface area contributed by atoms with Crippen LogP contribution in [0, 0.1) is 17.8 Å². The summed E-state index contributed by atoms with van der Waals surface area (Å²) in [5, 5.41) is 1.54. The monoisotopic (exact) mass is 479 g/mol. The predicted molar refractivity (Wildman–Crippen MR) is 115 cm³/mol. The molecule has 0 saturated heterocycles. The van der Waals surface area contributed by atoms with Gasteiger partial charge in [-0.1, -0.05) is 39.4 Å². The lowest BCUT2D eigenvalue weighted by Gasteiger charge is -2.40. The Balaban J connectivity index is 1.62. The van der Waals surface area contributed by atoms with E-state index in [-0.39, 0.29) is 23.3 Å². The van der Waals surface area contributed by atoms with Gasteiger partial charge in [0.2, 0.25) is 0 Å². The third kappa shape index (κ3) is 3.01. The average Bonchev–Trinajstić information content (AvgIpc) is 3.35. The highest BCUT2D eigenvalue weighted by atomic mass is 79.9. The van der Waals surface area contributed by atoms with Crippen molar-refractivity contribution in [1.82, 2.24) is 4.57 Å². The van der Waals surface area contributed by atoms with E-state index in [0.717, 1.165) is 26.2 Å². The summed E-state index contributed by atoms with van der Waals surface area (Å²) in [5.74, 6) is 1.97. The third-order valence-electron chi connectivity index (χ3n) is 6.49. The molecule has 0 amide bonds. The minimum absolute atomic E-state index is 0.0161. The molecule has 0 spiro atoms. The van der Waals surface area contributed by atoms with E-state index in [1.165, 1.54) is 36.2 Å². The van der Waals surface area contributed by atoms with Crippen LogP contribution in [-0.2, 0) is 16.1 Å². The molecule has 1 aromatic carbocycles. The Morgan fingerprint density at radius 2 is 2.14 bits per heavy atom.